The second-order valence-corrected chi connectivity index (χ2v) is 5.98. The molecule has 3 nitrogen and oxygen atoms in total. The lowest BCUT2D eigenvalue weighted by Gasteiger charge is -2.14. The van der Waals surface area contributed by atoms with Gasteiger partial charge in [-0.2, -0.15) is 0 Å². The second kappa shape index (κ2) is 5.97. The van der Waals surface area contributed by atoms with Gasteiger partial charge < -0.3 is 4.74 Å². The Morgan fingerprint density at radius 1 is 1.14 bits per heavy atom. The quantitative estimate of drug-likeness (QED) is 0.660. The van der Waals surface area contributed by atoms with Gasteiger partial charge in [-0.15, -0.1) is 11.8 Å². The number of aromatic nitrogens is 2. The topological polar surface area (TPSA) is 35.0 Å². The molecule has 1 aromatic carbocycles. The number of nitrogens with zero attached hydrogens (tertiary/aromatic N) is 2. The maximum absolute atomic E-state index is 5.53. The number of hydrogen-bond acceptors (Lipinski definition) is 4. The third-order valence-electron chi connectivity index (χ3n) is 3.78. The molecule has 4 heteroatoms. The van der Waals surface area contributed by atoms with E-state index in [1.54, 1.807) is 18.9 Å². The Labute approximate surface area is 134 Å². The van der Waals surface area contributed by atoms with E-state index < -0.39 is 0 Å². The number of aryl methyl sites for hydroxylation is 1. The van der Waals surface area contributed by atoms with Crippen LogP contribution in [0.15, 0.2) is 41.6 Å². The summed E-state index contributed by atoms with van der Waals surface area (Å²) in [5.74, 6) is 0.894. The zero-order chi connectivity index (χ0) is 15.7. The molecule has 3 aromatic rings. The molecule has 0 N–H and O–H groups in total. The van der Waals surface area contributed by atoms with Crippen molar-refractivity contribution in [3.8, 4) is 17.0 Å². The molecule has 22 heavy (non-hydrogen) atoms. The molecule has 3 rings (SSSR count). The predicted molar refractivity (Wildman–Crippen MR) is 92.8 cm³/mol. The molecule has 0 aliphatic carbocycles. The number of rotatable bonds is 3. The van der Waals surface area contributed by atoms with E-state index in [1.807, 2.05) is 44.5 Å². The van der Waals surface area contributed by atoms with Crippen LogP contribution in [0.3, 0.4) is 0 Å². The highest BCUT2D eigenvalue weighted by atomic mass is 32.2. The van der Waals surface area contributed by atoms with Gasteiger partial charge in [0.05, 0.1) is 18.3 Å². The molecule has 0 atom stereocenters. The summed E-state index contributed by atoms with van der Waals surface area (Å²) in [6.07, 6.45) is 3.90. The van der Waals surface area contributed by atoms with Gasteiger partial charge in [0.2, 0.25) is 0 Å². The van der Waals surface area contributed by atoms with Crippen LogP contribution in [-0.4, -0.2) is 23.3 Å². The molecule has 0 saturated carbocycles. The molecule has 0 saturated heterocycles. The normalized spacial score (nSPS) is 10.9. The lowest BCUT2D eigenvalue weighted by molar-refractivity contribution is 0.408. The first kappa shape index (κ1) is 14.9. The van der Waals surface area contributed by atoms with Crippen molar-refractivity contribution in [3.63, 3.8) is 0 Å². The maximum Gasteiger partial charge on any atom is 0.128 e. The summed E-state index contributed by atoms with van der Waals surface area (Å²) < 4.78 is 5.53. The van der Waals surface area contributed by atoms with Gasteiger partial charge in [-0.1, -0.05) is 18.2 Å². The smallest absolute Gasteiger partial charge is 0.128 e. The van der Waals surface area contributed by atoms with Crippen LogP contribution in [0.5, 0.6) is 5.75 Å². The summed E-state index contributed by atoms with van der Waals surface area (Å²) in [5, 5.41) is 2.11. The summed E-state index contributed by atoms with van der Waals surface area (Å²) in [6.45, 7) is 4.06. The molecule has 0 unspecified atom stereocenters. The fourth-order valence-electron chi connectivity index (χ4n) is 2.73. The van der Waals surface area contributed by atoms with Gasteiger partial charge in [-0.25, -0.2) is 4.98 Å². The first-order valence-electron chi connectivity index (χ1n) is 7.10. The van der Waals surface area contributed by atoms with Crippen molar-refractivity contribution in [1.82, 2.24) is 9.97 Å². The number of methoxy groups -OCH3 is 1. The lowest BCUT2D eigenvalue weighted by Crippen LogP contribution is -1.98. The Balaban J connectivity index is 2.30. The Morgan fingerprint density at radius 3 is 2.64 bits per heavy atom. The van der Waals surface area contributed by atoms with E-state index in [-0.39, 0.29) is 0 Å². The Morgan fingerprint density at radius 2 is 1.91 bits per heavy atom. The van der Waals surface area contributed by atoms with Gasteiger partial charge in [0.25, 0.3) is 0 Å². The Hall–Kier alpha value is -2.07. The van der Waals surface area contributed by atoms with E-state index in [9.17, 15) is 0 Å². The van der Waals surface area contributed by atoms with Gasteiger partial charge in [0.15, 0.2) is 0 Å². The fourth-order valence-corrected chi connectivity index (χ4v) is 3.29. The number of fused-ring (bicyclic) bond motifs is 1. The molecular weight excluding hydrogens is 292 g/mol. The molecule has 0 aliphatic rings. The van der Waals surface area contributed by atoms with Crippen molar-refractivity contribution in [2.24, 2.45) is 0 Å². The zero-order valence-electron chi connectivity index (χ0n) is 13.2. The number of benzene rings is 1. The third-order valence-corrected chi connectivity index (χ3v) is 4.48. The number of hydrogen-bond donors (Lipinski definition) is 0. The highest BCUT2D eigenvalue weighted by Crippen LogP contribution is 2.36. The third kappa shape index (κ3) is 2.44. The first-order chi connectivity index (χ1) is 10.7. The van der Waals surface area contributed by atoms with Crippen LogP contribution in [0.2, 0.25) is 0 Å². The predicted octanol–water partition coefficient (Wildman–Crippen LogP) is 4.64. The lowest BCUT2D eigenvalue weighted by atomic mass is 10.0. The number of para-hydroxylation sites is 1. The summed E-state index contributed by atoms with van der Waals surface area (Å²) in [6, 6.07) is 10.3. The molecule has 0 aliphatic heterocycles. The maximum atomic E-state index is 5.53. The van der Waals surface area contributed by atoms with E-state index >= 15 is 0 Å². The summed E-state index contributed by atoms with van der Waals surface area (Å²) >= 11 is 1.64. The van der Waals surface area contributed by atoms with Crippen LogP contribution in [0.25, 0.3) is 22.2 Å². The highest BCUT2D eigenvalue weighted by Gasteiger charge is 2.15. The molecular formula is C18H18N2OS. The van der Waals surface area contributed by atoms with Gasteiger partial charge in [0.1, 0.15) is 10.8 Å². The van der Waals surface area contributed by atoms with Crippen LogP contribution < -0.4 is 4.74 Å². The first-order valence-corrected chi connectivity index (χ1v) is 8.32. The molecule has 2 aromatic heterocycles. The van der Waals surface area contributed by atoms with E-state index in [0.29, 0.717) is 0 Å². The zero-order valence-corrected chi connectivity index (χ0v) is 14.0. The van der Waals surface area contributed by atoms with E-state index in [2.05, 4.69) is 17.1 Å². The summed E-state index contributed by atoms with van der Waals surface area (Å²) in [5.41, 5.74) is 5.09. The average Bonchev–Trinajstić information content (AvgIpc) is 2.54. The minimum Gasteiger partial charge on any atom is -0.496 e. The summed E-state index contributed by atoms with van der Waals surface area (Å²) in [7, 11) is 1.70. The minimum absolute atomic E-state index is 0.894. The number of ether oxygens (including phenoxy) is 1. The van der Waals surface area contributed by atoms with Crippen LogP contribution in [0.1, 0.15) is 11.1 Å². The number of thioether (sulfide) groups is 1. The van der Waals surface area contributed by atoms with Crippen LogP contribution >= 0.6 is 11.8 Å². The molecule has 112 valence electrons. The largest absolute Gasteiger partial charge is 0.496 e. The van der Waals surface area contributed by atoms with Gasteiger partial charge in [-0.3, -0.25) is 4.98 Å². The minimum atomic E-state index is 0.894. The van der Waals surface area contributed by atoms with Crippen molar-refractivity contribution in [1.29, 1.82) is 0 Å². The summed E-state index contributed by atoms with van der Waals surface area (Å²) in [4.78, 5) is 9.41. The Bertz CT molecular complexity index is 846. The average molecular weight is 310 g/mol. The van der Waals surface area contributed by atoms with Crippen LogP contribution in [0.4, 0.5) is 0 Å². The van der Waals surface area contributed by atoms with Gasteiger partial charge in [-0.05, 0) is 32.2 Å². The molecule has 0 spiro atoms. The van der Waals surface area contributed by atoms with Crippen molar-refractivity contribution < 1.29 is 4.74 Å². The standard InChI is InChI=1S/C18H18N2OS/c1-11-10-19-16(12(2)17(11)21-3)14-9-13-7-5-6-8-15(13)20-18(14)22-4/h5-10H,1-4H3. The van der Waals surface area contributed by atoms with Crippen molar-refractivity contribution in [2.75, 3.05) is 13.4 Å². The molecule has 2 heterocycles. The SMILES string of the molecule is COc1c(C)cnc(-c2cc3ccccc3nc2SC)c1C. The van der Waals surface area contributed by atoms with Gasteiger partial charge >= 0.3 is 0 Å². The highest BCUT2D eigenvalue weighted by molar-refractivity contribution is 7.98. The van der Waals surface area contributed by atoms with Crippen molar-refractivity contribution >= 4 is 22.7 Å². The fraction of sp³-hybridized carbons (Fsp3) is 0.222. The monoisotopic (exact) mass is 310 g/mol. The van der Waals surface area contributed by atoms with E-state index in [1.165, 1.54) is 0 Å². The van der Waals surface area contributed by atoms with Gasteiger partial charge in [0, 0.05) is 28.3 Å². The molecule has 0 fully saturated rings. The van der Waals surface area contributed by atoms with Crippen LogP contribution in [-0.2, 0) is 0 Å². The second-order valence-electron chi connectivity index (χ2n) is 5.19. The van der Waals surface area contributed by atoms with Crippen LogP contribution in [0, 0.1) is 13.8 Å². The van der Waals surface area contributed by atoms with E-state index in [4.69, 9.17) is 9.72 Å². The van der Waals surface area contributed by atoms with Crippen molar-refractivity contribution in [2.45, 2.75) is 18.9 Å². The molecule has 0 radical (unpaired) electrons. The Kier molecular flexibility index (Phi) is 4.03. The van der Waals surface area contributed by atoms with Crippen molar-refractivity contribution in [3.05, 3.63) is 47.7 Å². The molecule has 0 bridgehead atoms. The number of pyridine rings is 2. The molecule has 0 amide bonds. The van der Waals surface area contributed by atoms with E-state index in [0.717, 1.165) is 44.1 Å².